The maximum absolute atomic E-state index is 11.1. The molecule has 0 saturated carbocycles. The van der Waals surface area contributed by atoms with Crippen molar-refractivity contribution in [2.75, 3.05) is 0 Å². The molecule has 60 valence electrons. The fourth-order valence-corrected chi connectivity index (χ4v) is 0.950. The van der Waals surface area contributed by atoms with Gasteiger partial charge in [0.15, 0.2) is 0 Å². The van der Waals surface area contributed by atoms with Crippen molar-refractivity contribution in [1.29, 1.82) is 0 Å². The van der Waals surface area contributed by atoms with Crippen LogP contribution in [-0.4, -0.2) is 9.55 Å². The summed E-state index contributed by atoms with van der Waals surface area (Å²) in [4.78, 5) is 14.9. The Kier molecular flexibility index (Phi) is 2.65. The van der Waals surface area contributed by atoms with E-state index in [2.05, 4.69) is 4.98 Å². The maximum atomic E-state index is 11.1. The summed E-state index contributed by atoms with van der Waals surface area (Å²) in [7, 11) is 0. The van der Waals surface area contributed by atoms with E-state index in [1.165, 1.54) is 17.0 Å². The topological polar surface area (TPSA) is 34.9 Å². The van der Waals surface area contributed by atoms with Crippen molar-refractivity contribution in [3.8, 4) is 0 Å². The summed E-state index contributed by atoms with van der Waals surface area (Å²) < 4.78 is 1.53. The van der Waals surface area contributed by atoms with Gasteiger partial charge in [0.1, 0.15) is 5.15 Å². The average Bonchev–Trinajstić information content (AvgIpc) is 1.95. The molecule has 0 aliphatic rings. The number of aryl methyl sites for hydroxylation is 1. The van der Waals surface area contributed by atoms with Crippen LogP contribution in [0, 0.1) is 0 Å². The second kappa shape index (κ2) is 3.53. The van der Waals surface area contributed by atoms with Gasteiger partial charge in [0.25, 0.3) is 5.56 Å². The molecule has 1 rings (SSSR count). The molecule has 1 heterocycles. The molecule has 0 spiro atoms. The van der Waals surface area contributed by atoms with Crippen molar-refractivity contribution >= 4 is 11.6 Å². The summed E-state index contributed by atoms with van der Waals surface area (Å²) in [6.45, 7) is 2.70. The molecule has 0 bridgehead atoms. The van der Waals surface area contributed by atoms with E-state index in [0.717, 1.165) is 6.42 Å². The minimum Gasteiger partial charge on any atom is -0.299 e. The molecule has 11 heavy (non-hydrogen) atoms. The molecule has 1 aromatic heterocycles. The largest absolute Gasteiger partial charge is 0.299 e. The summed E-state index contributed by atoms with van der Waals surface area (Å²) in [6, 6.07) is 1.32. The van der Waals surface area contributed by atoms with Crippen molar-refractivity contribution in [1.82, 2.24) is 9.55 Å². The molecule has 0 aliphatic heterocycles. The minimum absolute atomic E-state index is 0.0909. The predicted octanol–water partition coefficient (Wildman–Crippen LogP) is 1.31. The van der Waals surface area contributed by atoms with Crippen LogP contribution >= 0.6 is 11.6 Å². The Morgan fingerprint density at radius 2 is 2.45 bits per heavy atom. The maximum Gasteiger partial charge on any atom is 0.254 e. The van der Waals surface area contributed by atoms with Crippen molar-refractivity contribution in [3.05, 3.63) is 27.9 Å². The number of hydrogen-bond donors (Lipinski definition) is 0. The van der Waals surface area contributed by atoms with Gasteiger partial charge in [0.05, 0.1) is 6.33 Å². The smallest absolute Gasteiger partial charge is 0.254 e. The third-order valence-electron chi connectivity index (χ3n) is 1.31. The van der Waals surface area contributed by atoms with Crippen molar-refractivity contribution in [2.24, 2.45) is 0 Å². The number of nitrogens with zero attached hydrogens (tertiary/aromatic N) is 2. The standard InChI is InChI=1S/C7H9ClN2O/c1-2-3-10-5-9-6(8)4-7(10)11/h4-5H,2-3H2,1H3. The first-order chi connectivity index (χ1) is 5.24. The molecular weight excluding hydrogens is 164 g/mol. The fourth-order valence-electron chi connectivity index (χ4n) is 0.813. The van der Waals surface area contributed by atoms with Crippen LogP contribution in [0.5, 0.6) is 0 Å². The van der Waals surface area contributed by atoms with Gasteiger partial charge in [-0.25, -0.2) is 4.98 Å². The third-order valence-corrected chi connectivity index (χ3v) is 1.52. The van der Waals surface area contributed by atoms with Gasteiger partial charge >= 0.3 is 0 Å². The molecule has 0 saturated heterocycles. The molecule has 0 amide bonds. The molecule has 0 atom stereocenters. The van der Waals surface area contributed by atoms with Gasteiger partial charge in [-0.3, -0.25) is 9.36 Å². The molecule has 0 aromatic carbocycles. The van der Waals surface area contributed by atoms with Gasteiger partial charge in [-0.1, -0.05) is 18.5 Å². The molecule has 0 N–H and O–H groups in total. The third kappa shape index (κ3) is 2.05. The second-order valence-electron chi connectivity index (χ2n) is 2.24. The summed E-state index contributed by atoms with van der Waals surface area (Å²) >= 11 is 5.49. The Balaban J connectivity index is 3.00. The molecular formula is C7H9ClN2O. The van der Waals surface area contributed by atoms with Gasteiger partial charge in [0.2, 0.25) is 0 Å². The van der Waals surface area contributed by atoms with Crippen LogP contribution < -0.4 is 5.56 Å². The highest BCUT2D eigenvalue weighted by atomic mass is 35.5. The normalized spacial score (nSPS) is 10.0. The quantitative estimate of drug-likeness (QED) is 0.631. The van der Waals surface area contributed by atoms with Crippen LogP contribution in [0.25, 0.3) is 0 Å². The first-order valence-corrected chi connectivity index (χ1v) is 3.84. The molecule has 1 aromatic rings. The molecule has 4 heteroatoms. The first kappa shape index (κ1) is 8.27. The summed E-state index contributed by atoms with van der Waals surface area (Å²) in [6.07, 6.45) is 2.39. The van der Waals surface area contributed by atoms with Crippen LogP contribution in [-0.2, 0) is 6.54 Å². The van der Waals surface area contributed by atoms with Crippen molar-refractivity contribution in [3.63, 3.8) is 0 Å². The van der Waals surface area contributed by atoms with E-state index in [-0.39, 0.29) is 10.7 Å². The highest BCUT2D eigenvalue weighted by Crippen LogP contribution is 1.96. The van der Waals surface area contributed by atoms with E-state index < -0.39 is 0 Å². The Morgan fingerprint density at radius 1 is 1.73 bits per heavy atom. The summed E-state index contributed by atoms with van der Waals surface area (Å²) in [5.41, 5.74) is -0.0909. The lowest BCUT2D eigenvalue weighted by Gasteiger charge is -2.00. The molecule has 0 radical (unpaired) electrons. The summed E-state index contributed by atoms with van der Waals surface area (Å²) in [5.74, 6) is 0. The number of hydrogen-bond acceptors (Lipinski definition) is 2. The highest BCUT2D eigenvalue weighted by Gasteiger charge is 1.94. The molecule has 0 unspecified atom stereocenters. The first-order valence-electron chi connectivity index (χ1n) is 3.46. The van der Waals surface area contributed by atoms with E-state index in [9.17, 15) is 4.79 Å². The van der Waals surface area contributed by atoms with Gasteiger partial charge < -0.3 is 0 Å². The Hall–Kier alpha value is -0.830. The predicted molar refractivity (Wildman–Crippen MR) is 43.8 cm³/mol. The van der Waals surface area contributed by atoms with Crippen molar-refractivity contribution in [2.45, 2.75) is 19.9 Å². The number of halogens is 1. The number of aromatic nitrogens is 2. The SMILES string of the molecule is CCCn1cnc(Cl)cc1=O. The number of rotatable bonds is 2. The lowest BCUT2D eigenvalue weighted by Crippen LogP contribution is -2.18. The lowest BCUT2D eigenvalue weighted by molar-refractivity contribution is 0.640. The Morgan fingerprint density at radius 3 is 3.00 bits per heavy atom. The molecule has 0 fully saturated rings. The second-order valence-corrected chi connectivity index (χ2v) is 2.63. The lowest BCUT2D eigenvalue weighted by atomic mass is 10.5. The average molecular weight is 173 g/mol. The van der Waals surface area contributed by atoms with E-state index in [4.69, 9.17) is 11.6 Å². The highest BCUT2D eigenvalue weighted by molar-refractivity contribution is 6.29. The van der Waals surface area contributed by atoms with Crippen LogP contribution in [0.15, 0.2) is 17.2 Å². The zero-order chi connectivity index (χ0) is 8.27. The zero-order valence-corrected chi connectivity index (χ0v) is 7.01. The fraction of sp³-hybridized carbons (Fsp3) is 0.429. The van der Waals surface area contributed by atoms with Crippen LogP contribution in [0.1, 0.15) is 13.3 Å². The summed E-state index contributed by atoms with van der Waals surface area (Å²) in [5, 5.41) is 0.252. The van der Waals surface area contributed by atoms with Crippen LogP contribution in [0.3, 0.4) is 0 Å². The van der Waals surface area contributed by atoms with E-state index in [1.807, 2.05) is 6.92 Å². The molecule has 3 nitrogen and oxygen atoms in total. The zero-order valence-electron chi connectivity index (χ0n) is 6.25. The monoisotopic (exact) mass is 172 g/mol. The van der Waals surface area contributed by atoms with E-state index >= 15 is 0 Å². The van der Waals surface area contributed by atoms with Gasteiger partial charge in [-0.15, -0.1) is 0 Å². The molecule has 0 aliphatic carbocycles. The Bertz CT molecular complexity index is 295. The van der Waals surface area contributed by atoms with E-state index in [0.29, 0.717) is 6.54 Å². The van der Waals surface area contributed by atoms with Gasteiger partial charge in [-0.05, 0) is 6.42 Å². The Labute approximate surface area is 69.6 Å². The van der Waals surface area contributed by atoms with Gasteiger partial charge in [-0.2, -0.15) is 0 Å². The van der Waals surface area contributed by atoms with Crippen LogP contribution in [0.4, 0.5) is 0 Å². The van der Waals surface area contributed by atoms with Crippen molar-refractivity contribution < 1.29 is 0 Å². The van der Waals surface area contributed by atoms with Gasteiger partial charge in [0, 0.05) is 12.6 Å². The van der Waals surface area contributed by atoms with E-state index in [1.54, 1.807) is 0 Å². The minimum atomic E-state index is -0.0909. The van der Waals surface area contributed by atoms with Crippen LogP contribution in [0.2, 0.25) is 5.15 Å².